The third kappa shape index (κ3) is 4.37. The molecule has 19 heavy (non-hydrogen) atoms. The van der Waals surface area contributed by atoms with Gasteiger partial charge in [-0.15, -0.1) is 11.3 Å². The number of aryl methyl sites for hydroxylation is 2. The largest absolute Gasteiger partial charge is 0.492 e. The van der Waals surface area contributed by atoms with Crippen LogP contribution in [0.1, 0.15) is 16.0 Å². The summed E-state index contributed by atoms with van der Waals surface area (Å²) in [5.74, 6) is 0.950. The van der Waals surface area contributed by atoms with E-state index in [4.69, 9.17) is 4.74 Å². The molecule has 0 fully saturated rings. The average Bonchev–Trinajstić information content (AvgIpc) is 2.78. The first kappa shape index (κ1) is 14.1. The molecular formula is C16H21NOS. The fourth-order valence-corrected chi connectivity index (χ4v) is 2.83. The molecule has 2 rings (SSSR count). The molecule has 1 aromatic carbocycles. The normalized spacial score (nSPS) is 10.9. The van der Waals surface area contributed by atoms with Crippen LogP contribution in [0.5, 0.6) is 5.75 Å². The summed E-state index contributed by atoms with van der Waals surface area (Å²) >= 11 is 1.83. The van der Waals surface area contributed by atoms with Crippen LogP contribution in [0.4, 0.5) is 0 Å². The van der Waals surface area contributed by atoms with Gasteiger partial charge in [0.05, 0.1) is 0 Å². The van der Waals surface area contributed by atoms with Gasteiger partial charge >= 0.3 is 0 Å². The molecule has 1 aromatic heterocycles. The van der Waals surface area contributed by atoms with Crippen molar-refractivity contribution in [1.82, 2.24) is 4.90 Å². The molecule has 3 heteroatoms. The number of hydrogen-bond donors (Lipinski definition) is 0. The third-order valence-corrected chi connectivity index (χ3v) is 4.15. The van der Waals surface area contributed by atoms with Gasteiger partial charge in [0.15, 0.2) is 0 Å². The number of rotatable bonds is 6. The summed E-state index contributed by atoms with van der Waals surface area (Å²) in [4.78, 5) is 3.74. The quantitative estimate of drug-likeness (QED) is 0.793. The predicted octanol–water partition coefficient (Wildman–Crippen LogP) is 3.88. The van der Waals surface area contributed by atoms with Gasteiger partial charge < -0.3 is 4.74 Å². The van der Waals surface area contributed by atoms with Gasteiger partial charge in [0.2, 0.25) is 0 Å². The van der Waals surface area contributed by atoms with Gasteiger partial charge in [-0.05, 0) is 50.0 Å². The van der Waals surface area contributed by atoms with Crippen LogP contribution < -0.4 is 4.74 Å². The van der Waals surface area contributed by atoms with Gasteiger partial charge in [0.1, 0.15) is 12.4 Å². The smallest absolute Gasteiger partial charge is 0.119 e. The highest BCUT2D eigenvalue weighted by molar-refractivity contribution is 7.10. The fraction of sp³-hybridized carbons (Fsp3) is 0.375. The van der Waals surface area contributed by atoms with Crippen molar-refractivity contribution >= 4 is 11.3 Å². The summed E-state index contributed by atoms with van der Waals surface area (Å²) < 4.78 is 5.74. The monoisotopic (exact) mass is 275 g/mol. The van der Waals surface area contributed by atoms with E-state index in [1.807, 2.05) is 23.5 Å². The summed E-state index contributed by atoms with van der Waals surface area (Å²) in [6, 6.07) is 10.4. The molecule has 0 aliphatic carbocycles. The number of ether oxygens (including phenoxy) is 1. The van der Waals surface area contributed by atoms with Crippen LogP contribution in [0, 0.1) is 13.8 Å². The highest BCUT2D eigenvalue weighted by atomic mass is 32.1. The van der Waals surface area contributed by atoms with E-state index in [2.05, 4.69) is 49.4 Å². The summed E-state index contributed by atoms with van der Waals surface area (Å²) in [6.07, 6.45) is 0. The SMILES string of the molecule is Cc1ccc(OCCN(C)Cc2sccc2C)cc1. The van der Waals surface area contributed by atoms with Crippen LogP contribution in [-0.4, -0.2) is 25.1 Å². The molecule has 102 valence electrons. The lowest BCUT2D eigenvalue weighted by Gasteiger charge is -2.16. The fourth-order valence-electron chi connectivity index (χ4n) is 1.84. The van der Waals surface area contributed by atoms with Crippen LogP contribution >= 0.6 is 11.3 Å². The number of likely N-dealkylation sites (N-methyl/N-ethyl adjacent to an activating group) is 1. The minimum absolute atomic E-state index is 0.726. The minimum atomic E-state index is 0.726. The van der Waals surface area contributed by atoms with Crippen LogP contribution in [0.2, 0.25) is 0 Å². The lowest BCUT2D eigenvalue weighted by molar-refractivity contribution is 0.233. The Hall–Kier alpha value is -1.32. The summed E-state index contributed by atoms with van der Waals surface area (Å²) in [7, 11) is 2.14. The Balaban J connectivity index is 1.73. The molecule has 0 unspecified atom stereocenters. The Morgan fingerprint density at radius 3 is 2.47 bits per heavy atom. The molecule has 0 aliphatic rings. The summed E-state index contributed by atoms with van der Waals surface area (Å²) in [5, 5.41) is 2.15. The molecule has 0 saturated carbocycles. The Morgan fingerprint density at radius 2 is 1.84 bits per heavy atom. The van der Waals surface area contributed by atoms with Gasteiger partial charge in [-0.3, -0.25) is 4.90 Å². The van der Waals surface area contributed by atoms with E-state index in [1.54, 1.807) is 0 Å². The Kier molecular flexibility index (Phi) is 5.00. The number of nitrogens with zero attached hydrogens (tertiary/aromatic N) is 1. The predicted molar refractivity (Wildman–Crippen MR) is 82.1 cm³/mol. The zero-order valence-corrected chi connectivity index (χ0v) is 12.7. The minimum Gasteiger partial charge on any atom is -0.492 e. The second-order valence-electron chi connectivity index (χ2n) is 4.93. The molecule has 0 N–H and O–H groups in total. The number of hydrogen-bond acceptors (Lipinski definition) is 3. The zero-order chi connectivity index (χ0) is 13.7. The maximum Gasteiger partial charge on any atom is 0.119 e. The average molecular weight is 275 g/mol. The Morgan fingerprint density at radius 1 is 1.11 bits per heavy atom. The molecule has 2 nitrogen and oxygen atoms in total. The molecule has 0 amide bonds. The van der Waals surface area contributed by atoms with Crippen LogP contribution in [-0.2, 0) is 6.54 Å². The van der Waals surface area contributed by atoms with E-state index in [9.17, 15) is 0 Å². The van der Waals surface area contributed by atoms with E-state index < -0.39 is 0 Å². The Bertz CT molecular complexity index is 504. The van der Waals surface area contributed by atoms with Crippen molar-refractivity contribution in [1.29, 1.82) is 0 Å². The van der Waals surface area contributed by atoms with Crippen molar-refractivity contribution in [2.45, 2.75) is 20.4 Å². The molecule has 0 spiro atoms. The van der Waals surface area contributed by atoms with Crippen molar-refractivity contribution in [3.05, 3.63) is 51.7 Å². The molecule has 0 bridgehead atoms. The molecule has 2 aromatic rings. The topological polar surface area (TPSA) is 12.5 Å². The number of thiophene rings is 1. The van der Waals surface area contributed by atoms with Gasteiger partial charge in [-0.25, -0.2) is 0 Å². The highest BCUT2D eigenvalue weighted by Crippen LogP contribution is 2.17. The summed E-state index contributed by atoms with van der Waals surface area (Å²) in [5.41, 5.74) is 2.65. The zero-order valence-electron chi connectivity index (χ0n) is 11.8. The summed E-state index contributed by atoms with van der Waals surface area (Å²) in [6.45, 7) is 6.92. The van der Waals surface area contributed by atoms with Crippen molar-refractivity contribution in [3.63, 3.8) is 0 Å². The standard InChI is InChI=1S/C16H21NOS/c1-13-4-6-15(7-5-13)18-10-9-17(3)12-16-14(2)8-11-19-16/h4-8,11H,9-10,12H2,1-3H3. The molecule has 0 saturated heterocycles. The molecule has 1 heterocycles. The number of benzene rings is 1. The maximum absolute atomic E-state index is 5.74. The first-order chi connectivity index (χ1) is 9.15. The lowest BCUT2D eigenvalue weighted by Crippen LogP contribution is -2.23. The van der Waals surface area contributed by atoms with E-state index in [-0.39, 0.29) is 0 Å². The van der Waals surface area contributed by atoms with Gasteiger partial charge in [0, 0.05) is 18.0 Å². The Labute approximate surface area is 119 Å². The van der Waals surface area contributed by atoms with Crippen molar-refractivity contribution in [2.75, 3.05) is 20.2 Å². The molecule has 0 aliphatic heterocycles. The van der Waals surface area contributed by atoms with Crippen molar-refractivity contribution in [3.8, 4) is 5.75 Å². The van der Waals surface area contributed by atoms with Gasteiger partial charge in [-0.2, -0.15) is 0 Å². The van der Waals surface area contributed by atoms with E-state index in [0.29, 0.717) is 0 Å². The molecule has 0 radical (unpaired) electrons. The molecule has 0 atom stereocenters. The van der Waals surface area contributed by atoms with Crippen LogP contribution in [0.3, 0.4) is 0 Å². The second-order valence-corrected chi connectivity index (χ2v) is 5.93. The van der Waals surface area contributed by atoms with Crippen LogP contribution in [0.15, 0.2) is 35.7 Å². The second kappa shape index (κ2) is 6.73. The van der Waals surface area contributed by atoms with Gasteiger partial charge in [-0.1, -0.05) is 17.7 Å². The first-order valence-electron chi connectivity index (χ1n) is 6.56. The third-order valence-electron chi connectivity index (χ3n) is 3.14. The van der Waals surface area contributed by atoms with Crippen LogP contribution in [0.25, 0.3) is 0 Å². The van der Waals surface area contributed by atoms with Gasteiger partial charge in [0.25, 0.3) is 0 Å². The highest BCUT2D eigenvalue weighted by Gasteiger charge is 2.04. The van der Waals surface area contributed by atoms with Crippen molar-refractivity contribution in [2.24, 2.45) is 0 Å². The van der Waals surface area contributed by atoms with E-state index in [1.165, 1.54) is 16.0 Å². The first-order valence-corrected chi connectivity index (χ1v) is 7.44. The lowest BCUT2D eigenvalue weighted by atomic mass is 10.2. The van der Waals surface area contributed by atoms with Crippen molar-refractivity contribution < 1.29 is 4.74 Å². The van der Waals surface area contributed by atoms with E-state index in [0.717, 1.165) is 25.4 Å². The van der Waals surface area contributed by atoms with E-state index >= 15 is 0 Å². The molecular weight excluding hydrogens is 254 g/mol. The maximum atomic E-state index is 5.74.